The molecular formula is C21H29N3O2. The molecule has 140 valence electrons. The van der Waals surface area contributed by atoms with E-state index in [4.69, 9.17) is 5.73 Å². The number of amides is 2. The van der Waals surface area contributed by atoms with Crippen LogP contribution >= 0.6 is 0 Å². The van der Waals surface area contributed by atoms with E-state index in [1.54, 1.807) is 0 Å². The number of nitrogens with one attached hydrogen (secondary N) is 1. The Morgan fingerprint density at radius 1 is 1.12 bits per heavy atom. The van der Waals surface area contributed by atoms with Gasteiger partial charge in [0, 0.05) is 24.2 Å². The van der Waals surface area contributed by atoms with Crippen LogP contribution in [0.1, 0.15) is 55.3 Å². The van der Waals surface area contributed by atoms with E-state index in [0.717, 1.165) is 38.5 Å². The number of carbonyl (C=O) groups excluding carboxylic acids is 2. The van der Waals surface area contributed by atoms with Gasteiger partial charge < -0.3 is 16.0 Å². The summed E-state index contributed by atoms with van der Waals surface area (Å²) in [4.78, 5) is 28.2. The van der Waals surface area contributed by atoms with Crippen molar-refractivity contribution in [1.29, 1.82) is 0 Å². The number of fused-ring (bicyclic) bond motifs is 1. The number of hydrogen-bond donors (Lipinski definition) is 2. The van der Waals surface area contributed by atoms with Crippen molar-refractivity contribution < 1.29 is 9.59 Å². The molecule has 0 bridgehead atoms. The fourth-order valence-electron chi connectivity index (χ4n) is 4.86. The minimum Gasteiger partial charge on any atom is -0.350 e. The average Bonchev–Trinajstić information content (AvgIpc) is 3.45. The van der Waals surface area contributed by atoms with Gasteiger partial charge in [-0.3, -0.25) is 9.59 Å². The van der Waals surface area contributed by atoms with Gasteiger partial charge in [0.2, 0.25) is 5.91 Å². The molecule has 1 aliphatic heterocycles. The molecule has 1 heterocycles. The van der Waals surface area contributed by atoms with E-state index < -0.39 is 0 Å². The van der Waals surface area contributed by atoms with Crippen molar-refractivity contribution in [3.63, 3.8) is 0 Å². The van der Waals surface area contributed by atoms with Gasteiger partial charge in [0.15, 0.2) is 0 Å². The quantitative estimate of drug-likeness (QED) is 0.851. The molecule has 2 saturated carbocycles. The summed E-state index contributed by atoms with van der Waals surface area (Å²) in [6.45, 7) is 0.475. The Bertz CT molecular complexity index is 658. The minimum absolute atomic E-state index is 0.00382. The van der Waals surface area contributed by atoms with Crippen molar-refractivity contribution in [3.8, 4) is 0 Å². The Morgan fingerprint density at radius 2 is 1.85 bits per heavy atom. The fourth-order valence-corrected chi connectivity index (χ4v) is 4.86. The van der Waals surface area contributed by atoms with Gasteiger partial charge in [0.05, 0.1) is 0 Å². The highest BCUT2D eigenvalue weighted by Gasteiger charge is 2.48. The number of nitrogens with two attached hydrogens (primary N) is 1. The molecule has 1 aromatic carbocycles. The van der Waals surface area contributed by atoms with Crippen molar-refractivity contribution in [2.24, 2.45) is 17.6 Å². The van der Waals surface area contributed by atoms with Gasteiger partial charge in [-0.15, -0.1) is 0 Å². The minimum atomic E-state index is -0.358. The predicted octanol–water partition coefficient (Wildman–Crippen LogP) is 2.31. The number of carbonyl (C=O) groups is 2. The predicted molar refractivity (Wildman–Crippen MR) is 100 cm³/mol. The smallest absolute Gasteiger partial charge is 0.254 e. The lowest BCUT2D eigenvalue weighted by Crippen LogP contribution is -2.53. The highest BCUT2D eigenvalue weighted by Crippen LogP contribution is 2.41. The third-order valence-corrected chi connectivity index (χ3v) is 6.42. The van der Waals surface area contributed by atoms with Crippen LogP contribution in [0.15, 0.2) is 30.3 Å². The molecule has 1 aromatic rings. The summed E-state index contributed by atoms with van der Waals surface area (Å²) in [5.74, 6) is 0.956. The summed E-state index contributed by atoms with van der Waals surface area (Å²) in [7, 11) is 0. The number of hydrogen-bond acceptors (Lipinski definition) is 3. The summed E-state index contributed by atoms with van der Waals surface area (Å²) in [5.41, 5.74) is 6.54. The third-order valence-electron chi connectivity index (χ3n) is 6.42. The molecule has 3 N–H and O–H groups in total. The highest BCUT2D eigenvalue weighted by molar-refractivity contribution is 5.98. The number of nitrogens with zero attached hydrogens (tertiary/aromatic N) is 1. The number of likely N-dealkylation sites (tertiary alicyclic amines) is 1. The van der Waals surface area contributed by atoms with E-state index in [2.05, 4.69) is 5.32 Å². The maximum Gasteiger partial charge on any atom is 0.254 e. The van der Waals surface area contributed by atoms with Crippen LogP contribution < -0.4 is 11.1 Å². The van der Waals surface area contributed by atoms with Crippen molar-refractivity contribution in [2.45, 2.75) is 63.1 Å². The van der Waals surface area contributed by atoms with Crippen LogP contribution in [0.25, 0.3) is 0 Å². The number of rotatable bonds is 5. The standard InChI is InChI=1S/C21H29N3O2/c22-13-17(14-10-11-14)23-20(25)19-12-16-8-4-5-9-18(16)24(19)21(26)15-6-2-1-3-7-15/h1-3,6-7,14,16-19H,4-5,8-13,22H2,(H,23,25). The molecule has 1 saturated heterocycles. The first kappa shape index (κ1) is 17.5. The van der Waals surface area contributed by atoms with Crippen LogP contribution in [0.4, 0.5) is 0 Å². The Morgan fingerprint density at radius 3 is 2.54 bits per heavy atom. The molecule has 0 spiro atoms. The Balaban J connectivity index is 1.56. The molecule has 5 nitrogen and oxygen atoms in total. The number of benzene rings is 1. The second kappa shape index (κ2) is 7.39. The summed E-state index contributed by atoms with van der Waals surface area (Å²) in [5, 5.41) is 3.16. The molecule has 4 unspecified atom stereocenters. The van der Waals surface area contributed by atoms with Gasteiger partial charge in [-0.05, 0) is 56.1 Å². The molecule has 4 rings (SSSR count). The van der Waals surface area contributed by atoms with Crippen molar-refractivity contribution in [1.82, 2.24) is 10.2 Å². The molecular weight excluding hydrogens is 326 g/mol. The summed E-state index contributed by atoms with van der Waals surface area (Å²) in [6.07, 6.45) is 7.55. The molecule has 4 atom stereocenters. The molecule has 2 amide bonds. The first-order valence-corrected chi connectivity index (χ1v) is 10.1. The fraction of sp³-hybridized carbons (Fsp3) is 0.619. The van der Waals surface area contributed by atoms with E-state index in [0.29, 0.717) is 23.9 Å². The van der Waals surface area contributed by atoms with Crippen LogP contribution in [0, 0.1) is 11.8 Å². The largest absolute Gasteiger partial charge is 0.350 e. The Labute approximate surface area is 155 Å². The zero-order chi connectivity index (χ0) is 18.1. The summed E-state index contributed by atoms with van der Waals surface area (Å²) in [6, 6.07) is 9.27. The van der Waals surface area contributed by atoms with Gasteiger partial charge >= 0.3 is 0 Å². The lowest BCUT2D eigenvalue weighted by Gasteiger charge is -2.34. The van der Waals surface area contributed by atoms with Crippen molar-refractivity contribution in [3.05, 3.63) is 35.9 Å². The molecule has 0 radical (unpaired) electrons. The van der Waals surface area contributed by atoms with Gasteiger partial charge in [0.1, 0.15) is 6.04 Å². The lowest BCUT2D eigenvalue weighted by atomic mass is 9.84. The van der Waals surface area contributed by atoms with Crippen LogP contribution in [0.5, 0.6) is 0 Å². The van der Waals surface area contributed by atoms with Crippen molar-refractivity contribution >= 4 is 11.8 Å². The van der Waals surface area contributed by atoms with E-state index >= 15 is 0 Å². The normalized spacial score (nSPS) is 29.1. The van der Waals surface area contributed by atoms with E-state index in [9.17, 15) is 9.59 Å². The Hall–Kier alpha value is -1.88. The van der Waals surface area contributed by atoms with Crippen LogP contribution in [-0.4, -0.2) is 41.4 Å². The van der Waals surface area contributed by atoms with Crippen LogP contribution in [0.3, 0.4) is 0 Å². The molecule has 5 heteroatoms. The molecule has 3 aliphatic rings. The van der Waals surface area contributed by atoms with Crippen molar-refractivity contribution in [2.75, 3.05) is 6.54 Å². The topological polar surface area (TPSA) is 75.4 Å². The van der Waals surface area contributed by atoms with Gasteiger partial charge in [-0.2, -0.15) is 0 Å². The lowest BCUT2D eigenvalue weighted by molar-refractivity contribution is -0.126. The van der Waals surface area contributed by atoms with E-state index in [-0.39, 0.29) is 29.9 Å². The van der Waals surface area contributed by atoms with Crippen LogP contribution in [-0.2, 0) is 4.79 Å². The van der Waals surface area contributed by atoms with Gasteiger partial charge in [-0.1, -0.05) is 31.0 Å². The summed E-state index contributed by atoms with van der Waals surface area (Å²) < 4.78 is 0. The maximum absolute atomic E-state index is 13.2. The molecule has 26 heavy (non-hydrogen) atoms. The van der Waals surface area contributed by atoms with Gasteiger partial charge in [0.25, 0.3) is 5.91 Å². The third kappa shape index (κ3) is 3.37. The molecule has 3 fully saturated rings. The average molecular weight is 355 g/mol. The zero-order valence-corrected chi connectivity index (χ0v) is 15.3. The first-order valence-electron chi connectivity index (χ1n) is 10.1. The summed E-state index contributed by atoms with van der Waals surface area (Å²) >= 11 is 0. The second-order valence-electron chi connectivity index (χ2n) is 8.13. The SMILES string of the molecule is NCC(NC(=O)C1CC2CCCCC2N1C(=O)c1ccccc1)C1CC1. The molecule has 0 aromatic heterocycles. The first-order chi connectivity index (χ1) is 12.7. The molecule has 2 aliphatic carbocycles. The van der Waals surface area contributed by atoms with E-state index in [1.807, 2.05) is 35.2 Å². The zero-order valence-electron chi connectivity index (χ0n) is 15.3. The monoisotopic (exact) mass is 355 g/mol. The second-order valence-corrected chi connectivity index (χ2v) is 8.13. The Kier molecular flexibility index (Phi) is 4.98. The highest BCUT2D eigenvalue weighted by atomic mass is 16.2. The van der Waals surface area contributed by atoms with Crippen LogP contribution in [0.2, 0.25) is 0 Å². The van der Waals surface area contributed by atoms with E-state index in [1.165, 1.54) is 6.42 Å². The van der Waals surface area contributed by atoms with Gasteiger partial charge in [-0.25, -0.2) is 0 Å². The maximum atomic E-state index is 13.2.